The van der Waals surface area contributed by atoms with Crippen LogP contribution in [-0.2, 0) is 9.53 Å². The van der Waals surface area contributed by atoms with Crippen molar-refractivity contribution in [3.63, 3.8) is 0 Å². The molecule has 2 unspecified atom stereocenters. The van der Waals surface area contributed by atoms with Crippen molar-refractivity contribution in [1.82, 2.24) is 4.90 Å². The minimum atomic E-state index is 0.110. The molecule has 1 saturated heterocycles. The zero-order valence-corrected chi connectivity index (χ0v) is 10.4. The van der Waals surface area contributed by atoms with E-state index >= 15 is 0 Å². The molecule has 0 aromatic carbocycles. The summed E-state index contributed by atoms with van der Waals surface area (Å²) in [6, 6.07) is 0.334. The molecule has 0 aromatic rings. The molecule has 2 N–H and O–H groups in total. The number of nitrogens with zero attached hydrogens (tertiary/aromatic N) is 1. The monoisotopic (exact) mass is 228 g/mol. The Morgan fingerprint density at radius 3 is 2.88 bits per heavy atom. The van der Waals surface area contributed by atoms with Gasteiger partial charge in [0, 0.05) is 19.2 Å². The second kappa shape index (κ2) is 6.86. The molecule has 1 rings (SSSR count). The number of likely N-dealkylation sites (tertiary alicyclic amines) is 1. The van der Waals surface area contributed by atoms with E-state index in [0.29, 0.717) is 25.1 Å². The average Bonchev–Trinajstić information content (AvgIpc) is 2.30. The number of amides is 1. The van der Waals surface area contributed by atoms with Gasteiger partial charge in [-0.1, -0.05) is 6.92 Å². The first kappa shape index (κ1) is 13.5. The summed E-state index contributed by atoms with van der Waals surface area (Å²) in [7, 11) is 0. The Morgan fingerprint density at radius 2 is 2.25 bits per heavy atom. The van der Waals surface area contributed by atoms with Gasteiger partial charge in [-0.3, -0.25) is 4.79 Å². The van der Waals surface area contributed by atoms with Crippen LogP contribution in [0.5, 0.6) is 0 Å². The number of hydrogen-bond acceptors (Lipinski definition) is 3. The van der Waals surface area contributed by atoms with Crippen LogP contribution in [0.4, 0.5) is 0 Å². The zero-order valence-electron chi connectivity index (χ0n) is 10.4. The molecular weight excluding hydrogens is 204 g/mol. The molecule has 0 radical (unpaired) electrons. The van der Waals surface area contributed by atoms with Crippen LogP contribution in [0.15, 0.2) is 0 Å². The Morgan fingerprint density at radius 1 is 1.50 bits per heavy atom. The minimum Gasteiger partial charge on any atom is -0.372 e. The van der Waals surface area contributed by atoms with Gasteiger partial charge in [-0.25, -0.2) is 0 Å². The van der Waals surface area contributed by atoms with Crippen molar-refractivity contribution in [2.45, 2.75) is 39.2 Å². The highest BCUT2D eigenvalue weighted by atomic mass is 16.5. The summed E-state index contributed by atoms with van der Waals surface area (Å²) in [5, 5.41) is 0. The van der Waals surface area contributed by atoms with Gasteiger partial charge in [-0.2, -0.15) is 0 Å². The van der Waals surface area contributed by atoms with E-state index in [4.69, 9.17) is 10.5 Å². The van der Waals surface area contributed by atoms with Gasteiger partial charge in [0.15, 0.2) is 0 Å². The summed E-state index contributed by atoms with van der Waals surface area (Å²) in [6.07, 6.45) is 3.15. The Hall–Kier alpha value is -0.610. The molecule has 4 nitrogen and oxygen atoms in total. The van der Waals surface area contributed by atoms with Crippen LogP contribution >= 0.6 is 0 Å². The van der Waals surface area contributed by atoms with Crippen molar-refractivity contribution in [3.05, 3.63) is 0 Å². The maximum absolute atomic E-state index is 11.9. The average molecular weight is 228 g/mol. The highest BCUT2D eigenvalue weighted by Crippen LogP contribution is 2.21. The number of rotatable bonds is 5. The van der Waals surface area contributed by atoms with E-state index in [1.165, 1.54) is 0 Å². The van der Waals surface area contributed by atoms with Crippen LogP contribution in [0.1, 0.15) is 33.1 Å². The number of piperidine rings is 1. The molecule has 1 heterocycles. The molecular formula is C12H24N2O2. The molecule has 0 bridgehead atoms. The van der Waals surface area contributed by atoms with Crippen LogP contribution in [-0.4, -0.2) is 43.2 Å². The summed E-state index contributed by atoms with van der Waals surface area (Å²) >= 11 is 0. The second-order valence-corrected chi connectivity index (χ2v) is 4.63. The highest BCUT2D eigenvalue weighted by Gasteiger charge is 2.27. The predicted molar refractivity (Wildman–Crippen MR) is 64.1 cm³/mol. The molecule has 0 spiro atoms. The Bertz CT molecular complexity index is 221. The zero-order chi connectivity index (χ0) is 12.0. The summed E-state index contributed by atoms with van der Waals surface area (Å²) in [5.74, 6) is 0.574. The molecule has 2 atom stereocenters. The lowest BCUT2D eigenvalue weighted by atomic mass is 9.93. The second-order valence-electron chi connectivity index (χ2n) is 4.63. The molecule has 94 valence electrons. The van der Waals surface area contributed by atoms with E-state index in [1.54, 1.807) is 0 Å². The van der Waals surface area contributed by atoms with Gasteiger partial charge in [0.05, 0.1) is 0 Å². The van der Waals surface area contributed by atoms with E-state index in [0.717, 1.165) is 25.8 Å². The highest BCUT2D eigenvalue weighted by molar-refractivity contribution is 5.77. The topological polar surface area (TPSA) is 55.6 Å². The van der Waals surface area contributed by atoms with Crippen LogP contribution in [0.25, 0.3) is 0 Å². The number of hydrogen-bond donors (Lipinski definition) is 1. The fourth-order valence-corrected chi connectivity index (χ4v) is 2.11. The largest absolute Gasteiger partial charge is 0.372 e. The minimum absolute atomic E-state index is 0.110. The summed E-state index contributed by atoms with van der Waals surface area (Å²) < 4.78 is 5.29. The van der Waals surface area contributed by atoms with Crippen molar-refractivity contribution in [3.8, 4) is 0 Å². The Labute approximate surface area is 98.1 Å². The first-order valence-corrected chi connectivity index (χ1v) is 6.26. The number of nitrogens with two attached hydrogens (primary N) is 1. The predicted octanol–water partition coefficient (Wildman–Crippen LogP) is 0.999. The van der Waals surface area contributed by atoms with Crippen LogP contribution in [0, 0.1) is 5.92 Å². The van der Waals surface area contributed by atoms with E-state index < -0.39 is 0 Å². The van der Waals surface area contributed by atoms with E-state index in [2.05, 4.69) is 6.92 Å². The smallest absolute Gasteiger partial charge is 0.248 e. The van der Waals surface area contributed by atoms with Gasteiger partial charge in [0.25, 0.3) is 0 Å². The first-order chi connectivity index (χ1) is 7.69. The third-order valence-corrected chi connectivity index (χ3v) is 3.21. The van der Waals surface area contributed by atoms with Crippen molar-refractivity contribution in [1.29, 1.82) is 0 Å². The van der Waals surface area contributed by atoms with E-state index in [9.17, 15) is 4.79 Å². The van der Waals surface area contributed by atoms with Gasteiger partial charge in [-0.15, -0.1) is 0 Å². The molecule has 4 heteroatoms. The standard InChI is InChI=1S/C12H24N2O2/c1-3-6-16-9-12(15)14-8-11(7-13)5-4-10(14)2/h10-11H,3-9,13H2,1-2H3. The third-order valence-electron chi connectivity index (χ3n) is 3.21. The van der Waals surface area contributed by atoms with Crippen LogP contribution < -0.4 is 5.73 Å². The van der Waals surface area contributed by atoms with Gasteiger partial charge in [-0.05, 0) is 38.6 Å². The fraction of sp³-hybridized carbons (Fsp3) is 0.917. The van der Waals surface area contributed by atoms with E-state index in [-0.39, 0.29) is 12.5 Å². The molecule has 16 heavy (non-hydrogen) atoms. The Balaban J connectivity index is 2.39. The Kier molecular flexibility index (Phi) is 5.77. The fourth-order valence-electron chi connectivity index (χ4n) is 2.11. The lowest BCUT2D eigenvalue weighted by molar-refractivity contribution is -0.140. The summed E-state index contributed by atoms with van der Waals surface area (Å²) in [4.78, 5) is 13.8. The normalized spacial score (nSPS) is 25.8. The number of ether oxygens (including phenoxy) is 1. The molecule has 0 aliphatic carbocycles. The SMILES string of the molecule is CCCOCC(=O)N1CC(CN)CCC1C. The molecule has 1 amide bonds. The molecule has 1 fully saturated rings. The maximum Gasteiger partial charge on any atom is 0.248 e. The molecule has 0 aromatic heterocycles. The maximum atomic E-state index is 11.9. The lowest BCUT2D eigenvalue weighted by Crippen LogP contribution is -2.48. The quantitative estimate of drug-likeness (QED) is 0.714. The number of carbonyl (C=O) groups is 1. The van der Waals surface area contributed by atoms with Gasteiger partial charge in [0.1, 0.15) is 6.61 Å². The van der Waals surface area contributed by atoms with Gasteiger partial charge >= 0.3 is 0 Å². The van der Waals surface area contributed by atoms with E-state index in [1.807, 2.05) is 11.8 Å². The number of carbonyl (C=O) groups excluding carboxylic acids is 1. The third kappa shape index (κ3) is 3.76. The van der Waals surface area contributed by atoms with Crippen molar-refractivity contribution < 1.29 is 9.53 Å². The van der Waals surface area contributed by atoms with Gasteiger partial charge in [0.2, 0.25) is 5.91 Å². The van der Waals surface area contributed by atoms with Crippen molar-refractivity contribution in [2.24, 2.45) is 11.7 Å². The van der Waals surface area contributed by atoms with Crippen molar-refractivity contribution in [2.75, 3.05) is 26.3 Å². The lowest BCUT2D eigenvalue weighted by Gasteiger charge is -2.37. The first-order valence-electron chi connectivity index (χ1n) is 6.26. The molecule has 0 saturated carbocycles. The van der Waals surface area contributed by atoms with Crippen molar-refractivity contribution >= 4 is 5.91 Å². The van der Waals surface area contributed by atoms with Crippen LogP contribution in [0.2, 0.25) is 0 Å². The van der Waals surface area contributed by atoms with Gasteiger partial charge < -0.3 is 15.4 Å². The summed E-state index contributed by atoms with van der Waals surface area (Å²) in [5.41, 5.74) is 5.66. The molecule has 1 aliphatic heterocycles. The molecule has 1 aliphatic rings. The summed E-state index contributed by atoms with van der Waals surface area (Å²) in [6.45, 7) is 6.49. The van der Waals surface area contributed by atoms with Crippen LogP contribution in [0.3, 0.4) is 0 Å².